The first-order valence-corrected chi connectivity index (χ1v) is 15.7. The van der Waals surface area contributed by atoms with E-state index in [0.29, 0.717) is 26.0 Å². The van der Waals surface area contributed by atoms with Gasteiger partial charge in [-0.15, -0.1) is 0 Å². The van der Waals surface area contributed by atoms with Gasteiger partial charge >= 0.3 is 6.09 Å². The molecule has 3 heterocycles. The summed E-state index contributed by atoms with van der Waals surface area (Å²) in [4.78, 5) is 86.3. The Hall–Kier alpha value is -3.72. The molecular weight excluding hydrogens is 588 g/mol. The Kier molecular flexibility index (Phi) is 10.7. The SMILES string of the molecule is CCC[C@H](NC(=O)[C@@H]1C[C@]2(C=C(C(=O)NCC)NO2)CN1C(=O)[C@@H](NC(=O)O[C@H]1CCOC1)C(C)(C)C)C(=O)C(=O)NC1CC1. The Bertz CT molecular complexity index is 1210. The summed E-state index contributed by atoms with van der Waals surface area (Å²) in [7, 11) is 0. The minimum absolute atomic E-state index is 0.0325. The van der Waals surface area contributed by atoms with Gasteiger partial charge in [0.15, 0.2) is 0 Å². The Labute approximate surface area is 262 Å². The van der Waals surface area contributed by atoms with Gasteiger partial charge in [0.1, 0.15) is 29.5 Å². The fourth-order valence-electron chi connectivity index (χ4n) is 5.58. The second-order valence-electron chi connectivity index (χ2n) is 13.2. The second-order valence-corrected chi connectivity index (χ2v) is 13.2. The van der Waals surface area contributed by atoms with Crippen LogP contribution in [-0.2, 0) is 38.3 Å². The molecule has 2 saturated heterocycles. The number of rotatable bonds is 12. The minimum Gasteiger partial charge on any atom is -0.444 e. The summed E-state index contributed by atoms with van der Waals surface area (Å²) < 4.78 is 10.7. The molecule has 0 aromatic heterocycles. The van der Waals surface area contributed by atoms with E-state index in [0.717, 1.165) is 12.8 Å². The summed E-state index contributed by atoms with van der Waals surface area (Å²) in [6, 6.07) is -3.40. The predicted octanol–water partition coefficient (Wildman–Crippen LogP) is -0.0567. The van der Waals surface area contributed by atoms with E-state index in [-0.39, 0.29) is 37.7 Å². The van der Waals surface area contributed by atoms with Crippen molar-refractivity contribution >= 4 is 35.5 Å². The van der Waals surface area contributed by atoms with Gasteiger partial charge in [-0.2, -0.15) is 0 Å². The highest BCUT2D eigenvalue weighted by Crippen LogP contribution is 2.37. The van der Waals surface area contributed by atoms with Gasteiger partial charge in [-0.3, -0.25) is 34.3 Å². The van der Waals surface area contributed by atoms with Gasteiger partial charge in [-0.05, 0) is 37.7 Å². The lowest BCUT2D eigenvalue weighted by molar-refractivity contribution is -0.144. The van der Waals surface area contributed by atoms with E-state index in [1.807, 2.05) is 6.92 Å². The number of hydrogen-bond acceptors (Lipinski definition) is 10. The average molecular weight is 635 g/mol. The molecule has 15 nitrogen and oxygen atoms in total. The van der Waals surface area contributed by atoms with Crippen LogP contribution in [0.2, 0.25) is 0 Å². The maximum atomic E-state index is 14.3. The molecule has 1 spiro atoms. The number of carbonyl (C=O) groups excluding carboxylic acids is 6. The molecule has 1 aliphatic carbocycles. The van der Waals surface area contributed by atoms with Crippen molar-refractivity contribution < 1.29 is 43.1 Å². The van der Waals surface area contributed by atoms with Crippen LogP contribution in [0.5, 0.6) is 0 Å². The average Bonchev–Trinajstić information content (AvgIpc) is 3.34. The fourth-order valence-corrected chi connectivity index (χ4v) is 5.58. The molecule has 0 aromatic carbocycles. The fraction of sp³-hybridized carbons (Fsp3) is 0.733. The summed E-state index contributed by atoms with van der Waals surface area (Å²) in [6.45, 7) is 9.88. The number of nitrogens with one attached hydrogen (secondary N) is 5. The molecule has 15 heteroatoms. The number of ether oxygens (including phenoxy) is 2. The van der Waals surface area contributed by atoms with Crippen LogP contribution in [0.3, 0.4) is 0 Å². The summed E-state index contributed by atoms with van der Waals surface area (Å²) in [5.74, 6) is -3.16. The van der Waals surface area contributed by atoms with Crippen molar-refractivity contribution in [1.29, 1.82) is 0 Å². The second kappa shape index (κ2) is 14.1. The Morgan fingerprint density at radius 2 is 1.84 bits per heavy atom. The van der Waals surface area contributed by atoms with Crippen LogP contribution >= 0.6 is 0 Å². The van der Waals surface area contributed by atoms with E-state index in [1.165, 1.54) is 11.0 Å². The predicted molar refractivity (Wildman–Crippen MR) is 159 cm³/mol. The van der Waals surface area contributed by atoms with Gasteiger partial charge in [-0.1, -0.05) is 34.1 Å². The van der Waals surface area contributed by atoms with Crippen molar-refractivity contribution in [2.24, 2.45) is 5.41 Å². The molecule has 5 atom stereocenters. The molecule has 5 amide bonds. The molecule has 1 saturated carbocycles. The number of ketones is 1. The summed E-state index contributed by atoms with van der Waals surface area (Å²) in [5, 5.41) is 10.7. The zero-order valence-electron chi connectivity index (χ0n) is 26.7. The number of likely N-dealkylation sites (N-methyl/N-ethyl adjacent to an activating group) is 1. The van der Waals surface area contributed by atoms with Crippen LogP contribution in [0.15, 0.2) is 11.8 Å². The highest BCUT2D eigenvalue weighted by atomic mass is 16.7. The molecule has 3 aliphatic heterocycles. The first-order valence-electron chi connectivity index (χ1n) is 15.7. The van der Waals surface area contributed by atoms with Gasteiger partial charge in [0.25, 0.3) is 11.8 Å². The molecule has 250 valence electrons. The molecule has 0 unspecified atom stereocenters. The topological polar surface area (TPSA) is 193 Å². The van der Waals surface area contributed by atoms with Crippen LogP contribution in [0.25, 0.3) is 0 Å². The van der Waals surface area contributed by atoms with Gasteiger partial charge in [0.2, 0.25) is 17.6 Å². The molecule has 0 aromatic rings. The van der Waals surface area contributed by atoms with E-state index in [1.54, 1.807) is 27.7 Å². The molecule has 0 radical (unpaired) electrons. The number of Topliss-reactive ketones (excluding diaryl/α,β-unsaturated/α-hetero) is 1. The highest BCUT2D eigenvalue weighted by Gasteiger charge is 2.54. The quantitative estimate of drug-likeness (QED) is 0.182. The van der Waals surface area contributed by atoms with Crippen molar-refractivity contribution in [2.45, 2.75) is 109 Å². The number of nitrogens with zero attached hydrogens (tertiary/aromatic N) is 1. The number of alkyl carbamates (subject to hydrolysis) is 1. The van der Waals surface area contributed by atoms with Gasteiger partial charge < -0.3 is 35.6 Å². The van der Waals surface area contributed by atoms with Gasteiger partial charge in [-0.25, -0.2) is 4.79 Å². The number of likely N-dealkylation sites (tertiary alicyclic amines) is 1. The van der Waals surface area contributed by atoms with E-state index in [9.17, 15) is 28.8 Å². The van der Waals surface area contributed by atoms with E-state index < -0.39 is 70.8 Å². The molecule has 0 bridgehead atoms. The number of carbonyl (C=O) groups is 6. The number of hydrogen-bond donors (Lipinski definition) is 5. The van der Waals surface area contributed by atoms with Crippen LogP contribution in [0, 0.1) is 5.41 Å². The van der Waals surface area contributed by atoms with Crippen molar-refractivity contribution in [3.05, 3.63) is 11.8 Å². The standard InChI is InChI=1S/C30H46N6O9/c1-6-8-19(22(37)26(40)32-17-9-10-17)33-25(39)21-14-30(13-20(35-45-30)24(38)31-7-2)16-36(21)27(41)23(29(3,4)5)34-28(42)44-18-11-12-43-15-18/h13,17-19,21,23,35H,6-12,14-16H2,1-5H3,(H,31,38)(H,32,40)(H,33,39)(H,34,42)/t18-,19-,21-,23+,30+/m0/s1. The lowest BCUT2D eigenvalue weighted by Gasteiger charge is -2.35. The summed E-state index contributed by atoms with van der Waals surface area (Å²) >= 11 is 0. The summed E-state index contributed by atoms with van der Waals surface area (Å²) in [6.07, 6.45) is 3.14. The third-order valence-electron chi connectivity index (χ3n) is 8.18. The normalized spacial score (nSPS) is 25.5. The Morgan fingerprint density at radius 3 is 2.44 bits per heavy atom. The Balaban J connectivity index is 1.59. The monoisotopic (exact) mass is 634 g/mol. The first-order chi connectivity index (χ1) is 21.3. The smallest absolute Gasteiger partial charge is 0.408 e. The van der Waals surface area contributed by atoms with Crippen LogP contribution < -0.4 is 26.7 Å². The zero-order chi connectivity index (χ0) is 32.9. The van der Waals surface area contributed by atoms with Crippen molar-refractivity contribution in [3.8, 4) is 0 Å². The zero-order valence-corrected chi connectivity index (χ0v) is 26.7. The van der Waals surface area contributed by atoms with Gasteiger partial charge in [0.05, 0.1) is 25.8 Å². The van der Waals surface area contributed by atoms with E-state index >= 15 is 0 Å². The largest absolute Gasteiger partial charge is 0.444 e. The molecule has 45 heavy (non-hydrogen) atoms. The minimum atomic E-state index is -1.25. The Morgan fingerprint density at radius 1 is 1.11 bits per heavy atom. The molecule has 3 fully saturated rings. The van der Waals surface area contributed by atoms with Crippen LogP contribution in [0.1, 0.15) is 73.1 Å². The lowest BCUT2D eigenvalue weighted by atomic mass is 9.85. The first kappa shape index (κ1) is 34.2. The van der Waals surface area contributed by atoms with Crippen molar-refractivity contribution in [3.63, 3.8) is 0 Å². The summed E-state index contributed by atoms with van der Waals surface area (Å²) in [5.41, 5.74) is 0.685. The highest BCUT2D eigenvalue weighted by molar-refractivity contribution is 6.38. The van der Waals surface area contributed by atoms with Crippen molar-refractivity contribution in [1.82, 2.24) is 31.6 Å². The third kappa shape index (κ3) is 8.51. The van der Waals surface area contributed by atoms with Crippen LogP contribution in [0.4, 0.5) is 4.79 Å². The van der Waals surface area contributed by atoms with Crippen molar-refractivity contribution in [2.75, 3.05) is 26.3 Å². The number of amides is 5. The third-order valence-corrected chi connectivity index (χ3v) is 8.18. The van der Waals surface area contributed by atoms with Gasteiger partial charge in [0, 0.05) is 25.4 Å². The molecule has 5 N–H and O–H groups in total. The molecule has 4 aliphatic rings. The molecule has 4 rings (SSSR count). The van der Waals surface area contributed by atoms with E-state index in [2.05, 4.69) is 26.7 Å². The lowest BCUT2D eigenvalue weighted by Crippen LogP contribution is -2.59. The molecular formula is C30H46N6O9. The van der Waals surface area contributed by atoms with Crippen LogP contribution in [-0.4, -0.2) is 103 Å². The number of hydroxylamine groups is 1. The maximum absolute atomic E-state index is 14.3. The maximum Gasteiger partial charge on any atom is 0.408 e. The van der Waals surface area contributed by atoms with E-state index in [4.69, 9.17) is 14.3 Å².